The van der Waals surface area contributed by atoms with Crippen LogP contribution in [0.1, 0.15) is 34.7 Å². The molecule has 0 saturated carbocycles. The van der Waals surface area contributed by atoms with Crippen molar-refractivity contribution in [2.45, 2.75) is 26.3 Å². The Bertz CT molecular complexity index is 1070. The predicted octanol–water partition coefficient (Wildman–Crippen LogP) is 3.68. The molecule has 4 rings (SSSR count). The number of hydrogen-bond donors (Lipinski definition) is 1. The molecule has 2 heterocycles. The van der Waals surface area contributed by atoms with Gasteiger partial charge in [0.1, 0.15) is 0 Å². The van der Waals surface area contributed by atoms with Crippen molar-refractivity contribution < 1.29 is 18.8 Å². The molecule has 1 amide bonds. The summed E-state index contributed by atoms with van der Waals surface area (Å²) in [5.41, 5.74) is 3.23. The van der Waals surface area contributed by atoms with Crippen molar-refractivity contribution in [3.63, 3.8) is 0 Å². The van der Waals surface area contributed by atoms with Gasteiger partial charge in [0.25, 0.3) is 0 Å². The second-order valence-electron chi connectivity index (χ2n) is 7.99. The maximum Gasteiger partial charge on any atom is 0.337 e. The first-order valence-electron chi connectivity index (χ1n) is 10.6. The van der Waals surface area contributed by atoms with Crippen LogP contribution < -0.4 is 5.32 Å². The molecule has 32 heavy (non-hydrogen) atoms. The summed E-state index contributed by atoms with van der Waals surface area (Å²) < 4.78 is 10.1. The number of rotatable bonds is 6. The third kappa shape index (κ3) is 5.20. The van der Waals surface area contributed by atoms with E-state index in [1.165, 1.54) is 12.7 Å². The fraction of sp³-hybridized carbons (Fsp3) is 0.333. The number of likely N-dealkylation sites (tertiary alicyclic amines) is 1. The molecule has 1 saturated heterocycles. The van der Waals surface area contributed by atoms with Gasteiger partial charge in [0.2, 0.25) is 17.6 Å². The minimum atomic E-state index is -0.400. The van der Waals surface area contributed by atoms with Crippen molar-refractivity contribution in [1.82, 2.24) is 15.0 Å². The van der Waals surface area contributed by atoms with Gasteiger partial charge in [-0.05, 0) is 57.1 Å². The van der Waals surface area contributed by atoms with Crippen LogP contribution in [0.15, 0.2) is 53.1 Å². The second kappa shape index (κ2) is 9.74. The van der Waals surface area contributed by atoms with Crippen molar-refractivity contribution in [3.05, 3.63) is 65.5 Å². The minimum absolute atomic E-state index is 0.00471. The smallest absolute Gasteiger partial charge is 0.337 e. The molecule has 0 atom stereocenters. The Morgan fingerprint density at radius 1 is 1.09 bits per heavy atom. The SMILES string of the molecule is COC(=O)c1ccc(NC(=O)C2CCN(Cc3nc(-c4ccc(C)cc4)no3)CC2)cc1. The van der Waals surface area contributed by atoms with Gasteiger partial charge >= 0.3 is 5.97 Å². The summed E-state index contributed by atoms with van der Waals surface area (Å²) in [6, 6.07) is 14.7. The van der Waals surface area contributed by atoms with Gasteiger partial charge in [0, 0.05) is 17.2 Å². The molecule has 8 heteroatoms. The Morgan fingerprint density at radius 3 is 2.44 bits per heavy atom. The van der Waals surface area contributed by atoms with Crippen LogP contribution in [0.3, 0.4) is 0 Å². The molecule has 1 N–H and O–H groups in total. The normalized spacial score (nSPS) is 14.8. The molecular formula is C24H26N4O4. The average Bonchev–Trinajstić information content (AvgIpc) is 3.28. The lowest BCUT2D eigenvalue weighted by molar-refractivity contribution is -0.121. The van der Waals surface area contributed by atoms with Crippen molar-refractivity contribution in [2.24, 2.45) is 5.92 Å². The number of amides is 1. The first kappa shape index (κ1) is 21.7. The molecule has 0 radical (unpaired) electrons. The summed E-state index contributed by atoms with van der Waals surface area (Å²) in [5, 5.41) is 7.02. The molecule has 0 spiro atoms. The largest absolute Gasteiger partial charge is 0.465 e. The van der Waals surface area contributed by atoms with Gasteiger partial charge in [-0.2, -0.15) is 4.98 Å². The molecule has 1 aromatic heterocycles. The fourth-order valence-electron chi connectivity index (χ4n) is 3.74. The van der Waals surface area contributed by atoms with E-state index in [0.29, 0.717) is 29.5 Å². The minimum Gasteiger partial charge on any atom is -0.465 e. The zero-order chi connectivity index (χ0) is 22.5. The Balaban J connectivity index is 1.26. The molecule has 1 aliphatic heterocycles. The number of ether oxygens (including phenoxy) is 1. The molecule has 0 aliphatic carbocycles. The Kier molecular flexibility index (Phi) is 6.61. The molecule has 8 nitrogen and oxygen atoms in total. The van der Waals surface area contributed by atoms with Crippen molar-refractivity contribution >= 4 is 17.6 Å². The van der Waals surface area contributed by atoms with Crippen LogP contribution in [0, 0.1) is 12.8 Å². The van der Waals surface area contributed by atoms with E-state index in [0.717, 1.165) is 31.5 Å². The zero-order valence-corrected chi connectivity index (χ0v) is 18.2. The maximum atomic E-state index is 12.6. The quantitative estimate of drug-likeness (QED) is 0.591. The van der Waals surface area contributed by atoms with Gasteiger partial charge in [0.15, 0.2) is 0 Å². The number of nitrogens with one attached hydrogen (secondary N) is 1. The van der Waals surface area contributed by atoms with E-state index in [1.54, 1.807) is 24.3 Å². The van der Waals surface area contributed by atoms with Crippen LogP contribution in [0.2, 0.25) is 0 Å². The molecule has 166 valence electrons. The number of aryl methyl sites for hydroxylation is 1. The van der Waals surface area contributed by atoms with E-state index in [2.05, 4.69) is 25.1 Å². The van der Waals surface area contributed by atoms with E-state index < -0.39 is 5.97 Å². The van der Waals surface area contributed by atoms with Crippen LogP contribution in [-0.2, 0) is 16.1 Å². The van der Waals surface area contributed by atoms with Gasteiger partial charge in [-0.25, -0.2) is 4.79 Å². The predicted molar refractivity (Wildman–Crippen MR) is 119 cm³/mol. The summed E-state index contributed by atoms with van der Waals surface area (Å²) in [5.74, 6) is 0.705. The van der Waals surface area contributed by atoms with E-state index in [9.17, 15) is 9.59 Å². The lowest BCUT2D eigenvalue weighted by atomic mass is 9.96. The van der Waals surface area contributed by atoms with E-state index in [-0.39, 0.29) is 11.8 Å². The number of esters is 1. The zero-order valence-electron chi connectivity index (χ0n) is 18.2. The van der Waals surface area contributed by atoms with Gasteiger partial charge in [-0.3, -0.25) is 9.69 Å². The number of methoxy groups -OCH3 is 1. The number of nitrogens with zero attached hydrogens (tertiary/aromatic N) is 3. The summed E-state index contributed by atoms with van der Waals surface area (Å²) in [7, 11) is 1.34. The lowest BCUT2D eigenvalue weighted by Gasteiger charge is -2.30. The molecule has 0 unspecified atom stereocenters. The third-order valence-corrected chi connectivity index (χ3v) is 5.67. The monoisotopic (exact) mass is 434 g/mol. The highest BCUT2D eigenvalue weighted by Crippen LogP contribution is 2.22. The molecule has 2 aromatic carbocycles. The van der Waals surface area contributed by atoms with E-state index in [4.69, 9.17) is 4.52 Å². The summed E-state index contributed by atoms with van der Waals surface area (Å²) in [6.45, 7) is 4.17. The van der Waals surface area contributed by atoms with Gasteiger partial charge < -0.3 is 14.6 Å². The standard InChI is InChI=1S/C24H26N4O4/c1-16-3-5-17(6-4-16)22-26-21(32-27-22)15-28-13-11-18(12-14-28)23(29)25-20-9-7-19(8-10-20)24(30)31-2/h3-10,18H,11-15H2,1-2H3,(H,25,29). The third-order valence-electron chi connectivity index (χ3n) is 5.67. The maximum absolute atomic E-state index is 12.6. The van der Waals surface area contributed by atoms with Crippen LogP contribution >= 0.6 is 0 Å². The van der Waals surface area contributed by atoms with Crippen molar-refractivity contribution in [1.29, 1.82) is 0 Å². The Morgan fingerprint density at radius 2 is 1.78 bits per heavy atom. The average molecular weight is 434 g/mol. The Hall–Kier alpha value is -3.52. The van der Waals surface area contributed by atoms with Crippen LogP contribution in [-0.4, -0.2) is 47.1 Å². The van der Waals surface area contributed by atoms with Gasteiger partial charge in [-0.1, -0.05) is 35.0 Å². The number of carbonyl (C=O) groups is 2. The van der Waals surface area contributed by atoms with Crippen LogP contribution in [0.5, 0.6) is 0 Å². The molecule has 3 aromatic rings. The van der Waals surface area contributed by atoms with Crippen LogP contribution in [0.4, 0.5) is 5.69 Å². The highest BCUT2D eigenvalue weighted by atomic mass is 16.5. The van der Waals surface area contributed by atoms with Gasteiger partial charge in [0.05, 0.1) is 19.2 Å². The first-order valence-corrected chi connectivity index (χ1v) is 10.6. The Labute approximate surface area is 186 Å². The number of anilines is 1. The first-order chi connectivity index (χ1) is 15.5. The number of benzene rings is 2. The molecule has 1 aliphatic rings. The van der Waals surface area contributed by atoms with Crippen molar-refractivity contribution in [3.8, 4) is 11.4 Å². The van der Waals surface area contributed by atoms with Crippen molar-refractivity contribution in [2.75, 3.05) is 25.5 Å². The number of hydrogen-bond acceptors (Lipinski definition) is 7. The number of carbonyl (C=O) groups excluding carboxylic acids is 2. The summed E-state index contributed by atoms with van der Waals surface area (Å²) in [4.78, 5) is 30.9. The van der Waals surface area contributed by atoms with Gasteiger partial charge in [-0.15, -0.1) is 0 Å². The fourth-order valence-corrected chi connectivity index (χ4v) is 3.74. The summed E-state index contributed by atoms with van der Waals surface area (Å²) >= 11 is 0. The lowest BCUT2D eigenvalue weighted by Crippen LogP contribution is -2.37. The highest BCUT2D eigenvalue weighted by molar-refractivity contribution is 5.94. The van der Waals surface area contributed by atoms with E-state index in [1.807, 2.05) is 31.2 Å². The number of piperidine rings is 1. The second-order valence-corrected chi connectivity index (χ2v) is 7.99. The summed E-state index contributed by atoms with van der Waals surface area (Å²) in [6.07, 6.45) is 1.51. The van der Waals surface area contributed by atoms with E-state index >= 15 is 0 Å². The topological polar surface area (TPSA) is 97.6 Å². The molecule has 1 fully saturated rings. The molecule has 0 bridgehead atoms. The number of aromatic nitrogens is 2. The highest BCUT2D eigenvalue weighted by Gasteiger charge is 2.26. The van der Waals surface area contributed by atoms with Crippen LogP contribution in [0.25, 0.3) is 11.4 Å². The molecular weight excluding hydrogens is 408 g/mol.